The maximum Gasteiger partial charge on any atom is 0.287 e. The van der Waals surface area contributed by atoms with Crippen LogP contribution in [0.25, 0.3) is 0 Å². The number of carbonyl (C=O) groups is 1. The molecule has 0 aliphatic heterocycles. The summed E-state index contributed by atoms with van der Waals surface area (Å²) in [7, 11) is 1.70. The minimum Gasteiger partial charge on any atom is -0.455 e. The Morgan fingerprint density at radius 1 is 1.59 bits per heavy atom. The fourth-order valence-electron chi connectivity index (χ4n) is 2.15. The molecule has 2 atom stereocenters. The Hall–Kier alpha value is -1.33. The number of nitrogens with one attached hydrogen (secondary N) is 1. The van der Waals surface area contributed by atoms with Crippen LogP contribution in [0.3, 0.4) is 0 Å². The molecule has 5 nitrogen and oxygen atoms in total. The summed E-state index contributed by atoms with van der Waals surface area (Å²) in [5.74, 6) is 0.772. The minimum absolute atomic E-state index is 0.175. The molecule has 3 N–H and O–H groups in total. The Kier molecular flexibility index (Phi) is 3.81. The van der Waals surface area contributed by atoms with Gasteiger partial charge >= 0.3 is 0 Å². The summed E-state index contributed by atoms with van der Waals surface area (Å²) in [4.78, 5) is 11.8. The van der Waals surface area contributed by atoms with Crippen LogP contribution in [0, 0.1) is 0 Å². The van der Waals surface area contributed by atoms with E-state index in [1.165, 1.54) is 0 Å². The molecule has 0 saturated heterocycles. The third kappa shape index (κ3) is 2.87. The van der Waals surface area contributed by atoms with Crippen LogP contribution in [0.15, 0.2) is 16.5 Å². The first-order valence-electron chi connectivity index (χ1n) is 5.85. The Morgan fingerprint density at radius 3 is 3.00 bits per heavy atom. The van der Waals surface area contributed by atoms with E-state index < -0.39 is 0 Å². The highest BCUT2D eigenvalue weighted by Gasteiger charge is 2.26. The van der Waals surface area contributed by atoms with Gasteiger partial charge in [0.05, 0.1) is 12.6 Å². The monoisotopic (exact) mass is 238 g/mol. The largest absolute Gasteiger partial charge is 0.455 e. The smallest absolute Gasteiger partial charge is 0.287 e. The van der Waals surface area contributed by atoms with E-state index in [-0.39, 0.29) is 18.1 Å². The lowest BCUT2D eigenvalue weighted by Crippen LogP contribution is -2.33. The first-order chi connectivity index (χ1) is 8.22. The molecule has 17 heavy (non-hydrogen) atoms. The van der Waals surface area contributed by atoms with Crippen LogP contribution in [-0.4, -0.2) is 25.2 Å². The summed E-state index contributed by atoms with van der Waals surface area (Å²) in [6, 6.07) is 3.56. The van der Waals surface area contributed by atoms with Crippen molar-refractivity contribution in [2.45, 2.75) is 38.0 Å². The molecule has 1 amide bonds. The van der Waals surface area contributed by atoms with Crippen molar-refractivity contribution in [2.75, 3.05) is 7.11 Å². The fraction of sp³-hybridized carbons (Fsp3) is 0.583. The summed E-state index contributed by atoms with van der Waals surface area (Å²) >= 11 is 0. The zero-order valence-electron chi connectivity index (χ0n) is 9.94. The molecule has 94 valence electrons. The first-order valence-corrected chi connectivity index (χ1v) is 5.85. The van der Waals surface area contributed by atoms with E-state index in [0.717, 1.165) is 19.3 Å². The van der Waals surface area contributed by atoms with Crippen molar-refractivity contribution >= 4 is 5.91 Å². The summed E-state index contributed by atoms with van der Waals surface area (Å²) in [5.41, 5.74) is 5.42. The van der Waals surface area contributed by atoms with Crippen LogP contribution in [0.1, 0.15) is 35.6 Å². The number of hydrogen-bond donors (Lipinski definition) is 2. The van der Waals surface area contributed by atoms with Crippen molar-refractivity contribution in [3.8, 4) is 0 Å². The van der Waals surface area contributed by atoms with Crippen molar-refractivity contribution in [1.29, 1.82) is 0 Å². The highest BCUT2D eigenvalue weighted by Crippen LogP contribution is 2.21. The minimum atomic E-state index is -0.175. The van der Waals surface area contributed by atoms with E-state index in [0.29, 0.717) is 18.1 Å². The van der Waals surface area contributed by atoms with Gasteiger partial charge in [0.15, 0.2) is 5.76 Å². The molecular formula is C12H18N2O3. The van der Waals surface area contributed by atoms with Crippen LogP contribution in [0.4, 0.5) is 0 Å². The molecule has 1 saturated carbocycles. The third-order valence-corrected chi connectivity index (χ3v) is 3.14. The summed E-state index contributed by atoms with van der Waals surface area (Å²) in [6.45, 7) is 0.308. The van der Waals surface area contributed by atoms with Gasteiger partial charge in [-0.15, -0.1) is 0 Å². The Balaban J connectivity index is 1.89. The molecule has 1 aliphatic rings. The number of rotatable bonds is 4. The second-order valence-electron chi connectivity index (χ2n) is 4.31. The van der Waals surface area contributed by atoms with E-state index in [9.17, 15) is 4.79 Å². The van der Waals surface area contributed by atoms with Crippen LogP contribution in [0.2, 0.25) is 0 Å². The van der Waals surface area contributed by atoms with Gasteiger partial charge in [-0.05, 0) is 31.4 Å². The Labute approximate surface area is 100 Å². The Bertz CT molecular complexity index is 389. The topological polar surface area (TPSA) is 77.5 Å². The van der Waals surface area contributed by atoms with Gasteiger partial charge in [-0.2, -0.15) is 0 Å². The normalized spacial score (nSPS) is 23.9. The number of nitrogens with two attached hydrogens (primary N) is 1. The third-order valence-electron chi connectivity index (χ3n) is 3.14. The van der Waals surface area contributed by atoms with Gasteiger partial charge in [0, 0.05) is 13.2 Å². The molecule has 0 bridgehead atoms. The summed E-state index contributed by atoms with van der Waals surface area (Å²) in [5, 5.41) is 2.94. The number of hydrogen-bond acceptors (Lipinski definition) is 4. The molecule has 1 aliphatic carbocycles. The molecule has 1 aromatic heterocycles. The number of ether oxygens (including phenoxy) is 1. The van der Waals surface area contributed by atoms with E-state index in [4.69, 9.17) is 14.9 Å². The van der Waals surface area contributed by atoms with Crippen molar-refractivity contribution in [3.05, 3.63) is 23.7 Å². The number of furan rings is 1. The van der Waals surface area contributed by atoms with Gasteiger partial charge in [0.1, 0.15) is 5.76 Å². The van der Waals surface area contributed by atoms with Gasteiger partial charge in [-0.1, -0.05) is 0 Å². The van der Waals surface area contributed by atoms with Gasteiger partial charge < -0.3 is 20.2 Å². The molecule has 1 fully saturated rings. The molecule has 0 spiro atoms. The van der Waals surface area contributed by atoms with E-state index >= 15 is 0 Å². The average Bonchev–Trinajstić information content (AvgIpc) is 2.96. The zero-order chi connectivity index (χ0) is 12.3. The summed E-state index contributed by atoms with van der Waals surface area (Å²) < 4.78 is 10.5. The first kappa shape index (κ1) is 12.1. The fourth-order valence-corrected chi connectivity index (χ4v) is 2.15. The van der Waals surface area contributed by atoms with Crippen LogP contribution in [0.5, 0.6) is 0 Å². The average molecular weight is 238 g/mol. The lowest BCUT2D eigenvalue weighted by molar-refractivity contribution is 0.0888. The SMILES string of the molecule is COC1CCC(NC(=O)c2ccc(CN)o2)C1. The highest BCUT2D eigenvalue weighted by molar-refractivity contribution is 5.91. The van der Waals surface area contributed by atoms with Gasteiger partial charge in [-0.25, -0.2) is 0 Å². The maximum absolute atomic E-state index is 11.8. The Morgan fingerprint density at radius 2 is 2.41 bits per heavy atom. The predicted molar refractivity (Wildman–Crippen MR) is 62.5 cm³/mol. The van der Waals surface area contributed by atoms with E-state index in [1.807, 2.05) is 0 Å². The highest BCUT2D eigenvalue weighted by atomic mass is 16.5. The molecule has 2 unspecified atom stereocenters. The maximum atomic E-state index is 11.8. The summed E-state index contributed by atoms with van der Waals surface area (Å²) in [6.07, 6.45) is 3.08. The van der Waals surface area contributed by atoms with Crippen molar-refractivity contribution in [1.82, 2.24) is 5.32 Å². The molecular weight excluding hydrogens is 220 g/mol. The van der Waals surface area contributed by atoms with Crippen molar-refractivity contribution in [3.63, 3.8) is 0 Å². The van der Waals surface area contributed by atoms with Crippen LogP contribution in [-0.2, 0) is 11.3 Å². The van der Waals surface area contributed by atoms with Gasteiger partial charge in [-0.3, -0.25) is 4.79 Å². The standard InChI is InChI=1S/C12H18N2O3/c1-16-9-3-2-8(6-9)14-12(15)11-5-4-10(7-13)17-11/h4-5,8-9H,2-3,6-7,13H2,1H3,(H,14,15). The van der Waals surface area contributed by atoms with E-state index in [2.05, 4.69) is 5.32 Å². The number of carbonyl (C=O) groups excluding carboxylic acids is 1. The van der Waals surface area contributed by atoms with Gasteiger partial charge in [0.2, 0.25) is 0 Å². The molecule has 1 heterocycles. The van der Waals surface area contributed by atoms with Gasteiger partial charge in [0.25, 0.3) is 5.91 Å². The second kappa shape index (κ2) is 5.33. The predicted octanol–water partition coefficient (Wildman–Crippen LogP) is 1.04. The van der Waals surface area contributed by atoms with Crippen molar-refractivity contribution in [2.24, 2.45) is 5.73 Å². The molecule has 5 heteroatoms. The zero-order valence-corrected chi connectivity index (χ0v) is 9.94. The van der Waals surface area contributed by atoms with E-state index in [1.54, 1.807) is 19.2 Å². The molecule has 1 aromatic rings. The molecule has 2 rings (SSSR count). The number of methoxy groups -OCH3 is 1. The molecule has 0 radical (unpaired) electrons. The number of amides is 1. The lowest BCUT2D eigenvalue weighted by atomic mass is 10.2. The molecule has 0 aromatic carbocycles. The van der Waals surface area contributed by atoms with Crippen LogP contribution >= 0.6 is 0 Å². The van der Waals surface area contributed by atoms with Crippen LogP contribution < -0.4 is 11.1 Å². The van der Waals surface area contributed by atoms with Crippen molar-refractivity contribution < 1.29 is 13.9 Å². The lowest BCUT2D eigenvalue weighted by Gasteiger charge is -2.11. The quantitative estimate of drug-likeness (QED) is 0.821. The second-order valence-corrected chi connectivity index (χ2v) is 4.31.